The number of methoxy groups -OCH3 is 2. The summed E-state index contributed by atoms with van der Waals surface area (Å²) in [7, 11) is 2.86. The van der Waals surface area contributed by atoms with E-state index in [4.69, 9.17) is 14.2 Å². The highest BCUT2D eigenvalue weighted by Crippen LogP contribution is 2.24. The number of aliphatic hydroxyl groups is 1. The van der Waals surface area contributed by atoms with Crippen LogP contribution in [0, 0.1) is 0 Å². The first-order chi connectivity index (χ1) is 8.55. The van der Waals surface area contributed by atoms with E-state index < -0.39 is 17.9 Å². The minimum atomic E-state index is -1.48. The second-order valence-corrected chi connectivity index (χ2v) is 3.70. The molecule has 0 fully saturated rings. The normalized spacial score (nSPS) is 27.3. The van der Waals surface area contributed by atoms with Crippen LogP contribution in [-0.4, -0.2) is 43.8 Å². The largest absolute Gasteiger partial charge is 0.463 e. The minimum absolute atomic E-state index is 0.335. The van der Waals surface area contributed by atoms with Crippen LogP contribution in [0.1, 0.15) is 6.92 Å². The van der Waals surface area contributed by atoms with Gasteiger partial charge in [0.2, 0.25) is 5.79 Å². The monoisotopic (exact) mass is 254 g/mol. The summed E-state index contributed by atoms with van der Waals surface area (Å²) in [6.07, 6.45) is 7.08. The summed E-state index contributed by atoms with van der Waals surface area (Å²) in [6.45, 7) is 2.08. The van der Waals surface area contributed by atoms with Crippen molar-refractivity contribution in [3.05, 3.63) is 36.0 Å². The molecule has 0 aromatic heterocycles. The maximum Gasteiger partial charge on any atom is 0.330 e. The second-order valence-electron chi connectivity index (χ2n) is 3.70. The van der Waals surface area contributed by atoms with E-state index in [0.29, 0.717) is 6.61 Å². The highest BCUT2D eigenvalue weighted by atomic mass is 16.6. The van der Waals surface area contributed by atoms with Crippen LogP contribution >= 0.6 is 0 Å². The fourth-order valence-corrected chi connectivity index (χ4v) is 1.55. The van der Waals surface area contributed by atoms with Crippen molar-refractivity contribution in [1.82, 2.24) is 0 Å². The van der Waals surface area contributed by atoms with E-state index in [-0.39, 0.29) is 0 Å². The molecule has 0 bridgehead atoms. The standard InChI is InChI=1S/C13H18O5/c1-4-18-12(14)6-5-10-7-8-13(15,17-3)11(9-10)16-2/h5-9,11,15H,4H2,1-3H3. The van der Waals surface area contributed by atoms with E-state index in [1.54, 1.807) is 25.2 Å². The van der Waals surface area contributed by atoms with Crippen molar-refractivity contribution in [1.29, 1.82) is 0 Å². The van der Waals surface area contributed by atoms with Crippen molar-refractivity contribution >= 4 is 5.97 Å². The lowest BCUT2D eigenvalue weighted by Crippen LogP contribution is -2.43. The molecule has 5 heteroatoms. The van der Waals surface area contributed by atoms with Crippen molar-refractivity contribution < 1.29 is 24.1 Å². The molecule has 100 valence electrons. The molecular weight excluding hydrogens is 236 g/mol. The van der Waals surface area contributed by atoms with Gasteiger partial charge in [0.15, 0.2) is 0 Å². The van der Waals surface area contributed by atoms with Crippen molar-refractivity contribution in [2.75, 3.05) is 20.8 Å². The molecule has 0 aromatic rings. The van der Waals surface area contributed by atoms with Crippen LogP contribution in [-0.2, 0) is 19.0 Å². The van der Waals surface area contributed by atoms with Gasteiger partial charge in [0.05, 0.1) is 6.61 Å². The average molecular weight is 254 g/mol. The Bertz CT molecular complexity index is 383. The number of carbonyl (C=O) groups is 1. The van der Waals surface area contributed by atoms with Gasteiger partial charge in [-0.1, -0.05) is 6.08 Å². The van der Waals surface area contributed by atoms with Crippen LogP contribution < -0.4 is 0 Å². The van der Waals surface area contributed by atoms with Gasteiger partial charge in [0, 0.05) is 20.3 Å². The molecule has 1 rings (SSSR count). The number of rotatable bonds is 5. The molecule has 0 radical (unpaired) electrons. The molecule has 0 amide bonds. The Morgan fingerprint density at radius 2 is 2.28 bits per heavy atom. The van der Waals surface area contributed by atoms with Crippen LogP contribution in [0.3, 0.4) is 0 Å². The van der Waals surface area contributed by atoms with Gasteiger partial charge < -0.3 is 19.3 Å². The molecule has 0 aliphatic heterocycles. The van der Waals surface area contributed by atoms with Crippen molar-refractivity contribution in [2.24, 2.45) is 0 Å². The van der Waals surface area contributed by atoms with Crippen LogP contribution in [0.2, 0.25) is 0 Å². The summed E-state index contributed by atoms with van der Waals surface area (Å²) >= 11 is 0. The Hall–Kier alpha value is -1.43. The minimum Gasteiger partial charge on any atom is -0.463 e. The third kappa shape index (κ3) is 3.53. The van der Waals surface area contributed by atoms with Gasteiger partial charge >= 0.3 is 5.97 Å². The van der Waals surface area contributed by atoms with Crippen LogP contribution in [0.25, 0.3) is 0 Å². The Morgan fingerprint density at radius 3 is 2.83 bits per heavy atom. The lowest BCUT2D eigenvalue weighted by atomic mass is 9.98. The molecular formula is C13H18O5. The number of esters is 1. The highest BCUT2D eigenvalue weighted by molar-refractivity contribution is 5.82. The summed E-state index contributed by atoms with van der Waals surface area (Å²) in [5.74, 6) is -1.89. The fourth-order valence-electron chi connectivity index (χ4n) is 1.55. The predicted octanol–water partition coefficient (Wildman–Crippen LogP) is 0.952. The third-order valence-corrected chi connectivity index (χ3v) is 2.55. The first kappa shape index (κ1) is 14.6. The zero-order chi connectivity index (χ0) is 13.6. The zero-order valence-electron chi connectivity index (χ0n) is 10.8. The maximum absolute atomic E-state index is 11.2. The number of hydrogen-bond donors (Lipinski definition) is 1. The van der Waals surface area contributed by atoms with Gasteiger partial charge in [-0.05, 0) is 30.7 Å². The predicted molar refractivity (Wildman–Crippen MR) is 65.8 cm³/mol. The molecule has 18 heavy (non-hydrogen) atoms. The average Bonchev–Trinajstić information content (AvgIpc) is 2.38. The van der Waals surface area contributed by atoms with E-state index in [0.717, 1.165) is 5.57 Å². The van der Waals surface area contributed by atoms with Gasteiger partial charge in [-0.25, -0.2) is 4.79 Å². The van der Waals surface area contributed by atoms with Crippen molar-refractivity contribution in [2.45, 2.75) is 18.8 Å². The van der Waals surface area contributed by atoms with Crippen LogP contribution in [0.4, 0.5) is 0 Å². The number of allylic oxidation sites excluding steroid dienone is 3. The molecule has 0 saturated carbocycles. The molecule has 0 spiro atoms. The van der Waals surface area contributed by atoms with E-state index in [1.165, 1.54) is 26.4 Å². The molecule has 1 aliphatic rings. The second kappa shape index (κ2) is 6.49. The van der Waals surface area contributed by atoms with E-state index in [2.05, 4.69) is 0 Å². The first-order valence-corrected chi connectivity index (χ1v) is 5.62. The number of hydrogen-bond acceptors (Lipinski definition) is 5. The summed E-state index contributed by atoms with van der Waals surface area (Å²) in [4.78, 5) is 11.2. The lowest BCUT2D eigenvalue weighted by molar-refractivity contribution is -0.202. The van der Waals surface area contributed by atoms with Crippen molar-refractivity contribution in [3.63, 3.8) is 0 Å². The van der Waals surface area contributed by atoms with Gasteiger partial charge in [-0.3, -0.25) is 0 Å². The number of ether oxygens (including phenoxy) is 3. The Balaban J connectivity index is 2.76. The first-order valence-electron chi connectivity index (χ1n) is 5.62. The molecule has 0 saturated heterocycles. The molecule has 0 aromatic carbocycles. The van der Waals surface area contributed by atoms with Gasteiger partial charge in [-0.2, -0.15) is 0 Å². The lowest BCUT2D eigenvalue weighted by Gasteiger charge is -2.31. The fraction of sp³-hybridized carbons (Fsp3) is 0.462. The summed E-state index contributed by atoms with van der Waals surface area (Å²) < 4.78 is 14.9. The van der Waals surface area contributed by atoms with E-state index in [1.807, 2.05) is 0 Å². The van der Waals surface area contributed by atoms with Gasteiger partial charge in [-0.15, -0.1) is 0 Å². The number of carbonyl (C=O) groups excluding carboxylic acids is 1. The molecule has 0 heterocycles. The van der Waals surface area contributed by atoms with Crippen LogP contribution in [0.15, 0.2) is 36.0 Å². The van der Waals surface area contributed by atoms with Crippen LogP contribution in [0.5, 0.6) is 0 Å². The Morgan fingerprint density at radius 1 is 1.56 bits per heavy atom. The smallest absolute Gasteiger partial charge is 0.330 e. The molecule has 1 N–H and O–H groups in total. The van der Waals surface area contributed by atoms with Gasteiger partial charge in [0.1, 0.15) is 6.10 Å². The Labute approximate surface area is 106 Å². The van der Waals surface area contributed by atoms with E-state index >= 15 is 0 Å². The SMILES string of the molecule is CCOC(=O)C=CC1=CC(OC)C(O)(OC)C=C1. The highest BCUT2D eigenvalue weighted by Gasteiger charge is 2.35. The third-order valence-electron chi connectivity index (χ3n) is 2.55. The van der Waals surface area contributed by atoms with E-state index in [9.17, 15) is 9.90 Å². The summed E-state index contributed by atoms with van der Waals surface area (Å²) in [5.41, 5.74) is 0.733. The quantitative estimate of drug-likeness (QED) is 0.449. The molecule has 1 aliphatic carbocycles. The molecule has 2 atom stereocenters. The summed E-state index contributed by atoms with van der Waals surface area (Å²) in [5, 5.41) is 10.0. The van der Waals surface area contributed by atoms with Gasteiger partial charge in [0.25, 0.3) is 0 Å². The topological polar surface area (TPSA) is 65.0 Å². The summed E-state index contributed by atoms with van der Waals surface area (Å²) in [6, 6.07) is 0. The molecule has 2 unspecified atom stereocenters. The maximum atomic E-state index is 11.2. The zero-order valence-corrected chi connectivity index (χ0v) is 10.8. The Kier molecular flexibility index (Phi) is 5.27. The van der Waals surface area contributed by atoms with Crippen molar-refractivity contribution in [3.8, 4) is 0 Å². The molecule has 5 nitrogen and oxygen atoms in total.